The first-order valence-electron chi connectivity index (χ1n) is 9.43. The number of para-hydroxylation sites is 1. The van der Waals surface area contributed by atoms with Crippen LogP contribution >= 0.6 is 0 Å². The van der Waals surface area contributed by atoms with Crippen LogP contribution in [-0.2, 0) is 26.4 Å². The lowest BCUT2D eigenvalue weighted by Crippen LogP contribution is -2.53. The maximum absolute atomic E-state index is 13.0. The Balaban J connectivity index is 0.000000461. The molecule has 0 saturated carbocycles. The lowest BCUT2D eigenvalue weighted by atomic mass is 9.71. The highest BCUT2D eigenvalue weighted by molar-refractivity contribution is 7.79. The molecule has 4 N–H and O–H groups in total. The number of ketones is 1. The van der Waals surface area contributed by atoms with Crippen LogP contribution in [0.2, 0.25) is 0 Å². The predicted molar refractivity (Wildman–Crippen MR) is 110 cm³/mol. The fourth-order valence-corrected chi connectivity index (χ4v) is 4.43. The van der Waals surface area contributed by atoms with Gasteiger partial charge in [-0.2, -0.15) is 8.42 Å². The van der Waals surface area contributed by atoms with Crippen molar-refractivity contribution in [1.82, 2.24) is 10.3 Å². The number of piperidine rings is 1. The summed E-state index contributed by atoms with van der Waals surface area (Å²) in [6.45, 7) is 2.67. The third kappa shape index (κ3) is 4.62. The summed E-state index contributed by atoms with van der Waals surface area (Å²) in [5, 5.41) is 4.56. The van der Waals surface area contributed by atoms with Crippen molar-refractivity contribution in [3.05, 3.63) is 47.2 Å². The number of rotatable bonds is 1. The zero-order valence-corrected chi connectivity index (χ0v) is 17.4. The molecule has 2 heterocycles. The van der Waals surface area contributed by atoms with Gasteiger partial charge in [0, 0.05) is 35.8 Å². The van der Waals surface area contributed by atoms with E-state index in [-0.39, 0.29) is 29.6 Å². The minimum absolute atomic E-state index is 0.0350. The molecule has 30 heavy (non-hydrogen) atoms. The van der Waals surface area contributed by atoms with E-state index in [2.05, 4.69) is 10.3 Å². The molecule has 2 aromatic rings. The highest BCUT2D eigenvalue weighted by Crippen LogP contribution is 2.38. The van der Waals surface area contributed by atoms with E-state index >= 15 is 0 Å². The third-order valence-electron chi connectivity index (χ3n) is 5.68. The molecule has 1 aliphatic heterocycles. The molecule has 9 nitrogen and oxygen atoms in total. The van der Waals surface area contributed by atoms with Gasteiger partial charge in [0.2, 0.25) is 0 Å². The Morgan fingerprint density at radius 1 is 1.23 bits per heavy atom. The van der Waals surface area contributed by atoms with Crippen LogP contribution in [-0.4, -0.2) is 54.0 Å². The van der Waals surface area contributed by atoms with Crippen molar-refractivity contribution < 1.29 is 31.8 Å². The van der Waals surface area contributed by atoms with E-state index in [0.29, 0.717) is 25.1 Å². The van der Waals surface area contributed by atoms with E-state index in [1.54, 1.807) is 0 Å². The second-order valence-corrected chi connectivity index (χ2v) is 8.21. The smallest absolute Gasteiger partial charge is 0.394 e. The second-order valence-electron chi connectivity index (χ2n) is 7.31. The first-order chi connectivity index (χ1) is 14.1. The van der Waals surface area contributed by atoms with Gasteiger partial charge < -0.3 is 15.0 Å². The first-order valence-corrected chi connectivity index (χ1v) is 10.8. The molecule has 0 radical (unpaired) electrons. The van der Waals surface area contributed by atoms with Gasteiger partial charge in [-0.1, -0.05) is 29.8 Å². The van der Waals surface area contributed by atoms with Crippen molar-refractivity contribution in [1.29, 1.82) is 0 Å². The van der Waals surface area contributed by atoms with Gasteiger partial charge in [0.05, 0.1) is 18.7 Å². The standard InChI is InChI=1S/C20H22N2O3.H2O4S/c1-3-11-10-21-16-8-14-12-6-4-5-7-15(12)22-19(14)17(23)9-13(11)18(16)20(24)25-2;1-5(2,3)4/h3-7,13,16,18,21-22H,8-10H2,1-2H3;(H2,1,2,3,4)/b11-3-;. The van der Waals surface area contributed by atoms with Crippen LogP contribution in [0.3, 0.4) is 0 Å². The van der Waals surface area contributed by atoms with Crippen molar-refractivity contribution in [2.75, 3.05) is 13.7 Å². The van der Waals surface area contributed by atoms with Crippen LogP contribution in [0.4, 0.5) is 0 Å². The molecule has 1 aromatic carbocycles. The molecule has 162 valence electrons. The van der Waals surface area contributed by atoms with Crippen LogP contribution in [0.15, 0.2) is 35.9 Å². The summed E-state index contributed by atoms with van der Waals surface area (Å²) in [7, 11) is -3.24. The number of ether oxygens (including phenoxy) is 1. The molecule has 2 aliphatic rings. The number of carbonyl (C=O) groups is 2. The molecular weight excluding hydrogens is 412 g/mol. The fraction of sp³-hybridized carbons (Fsp3) is 0.400. The molecule has 3 unspecified atom stereocenters. The van der Waals surface area contributed by atoms with Gasteiger partial charge in [-0.05, 0) is 25.0 Å². The topological polar surface area (TPSA) is 146 Å². The number of carbonyl (C=O) groups excluding carboxylic acids is 2. The van der Waals surface area contributed by atoms with E-state index in [4.69, 9.17) is 22.3 Å². The minimum atomic E-state index is -4.67. The first kappa shape index (κ1) is 22.2. The van der Waals surface area contributed by atoms with Crippen molar-refractivity contribution in [3.8, 4) is 0 Å². The zero-order chi connectivity index (χ0) is 22.1. The average molecular weight is 436 g/mol. The van der Waals surface area contributed by atoms with Gasteiger partial charge in [0.1, 0.15) is 0 Å². The number of aromatic amines is 1. The Labute approximate surface area is 174 Å². The number of allylic oxidation sites excluding steroid dienone is 1. The fourth-order valence-electron chi connectivity index (χ4n) is 4.43. The predicted octanol–water partition coefficient (Wildman–Crippen LogP) is 1.97. The molecule has 10 heteroatoms. The van der Waals surface area contributed by atoms with E-state index < -0.39 is 10.4 Å². The van der Waals surface area contributed by atoms with Crippen LogP contribution < -0.4 is 5.32 Å². The normalized spacial score (nSPS) is 25.0. The highest BCUT2D eigenvalue weighted by Gasteiger charge is 2.44. The molecule has 0 amide bonds. The molecule has 2 bridgehead atoms. The van der Waals surface area contributed by atoms with E-state index in [1.165, 1.54) is 7.11 Å². The summed E-state index contributed by atoms with van der Waals surface area (Å²) in [5.74, 6) is -0.603. The van der Waals surface area contributed by atoms with Crippen molar-refractivity contribution in [2.45, 2.75) is 25.8 Å². The molecule has 1 aromatic heterocycles. The summed E-state index contributed by atoms with van der Waals surface area (Å²) in [6.07, 6.45) is 2.99. The minimum Gasteiger partial charge on any atom is -0.469 e. The monoisotopic (exact) mass is 436 g/mol. The summed E-state index contributed by atoms with van der Waals surface area (Å²) in [4.78, 5) is 28.8. The molecule has 1 saturated heterocycles. The second kappa shape index (κ2) is 8.68. The Bertz CT molecular complexity index is 1100. The van der Waals surface area contributed by atoms with Gasteiger partial charge in [0.25, 0.3) is 0 Å². The van der Waals surface area contributed by atoms with E-state index in [9.17, 15) is 9.59 Å². The molecule has 4 rings (SSSR count). The number of aromatic nitrogens is 1. The van der Waals surface area contributed by atoms with Crippen LogP contribution in [0, 0.1) is 11.8 Å². The maximum Gasteiger partial charge on any atom is 0.394 e. The largest absolute Gasteiger partial charge is 0.469 e. The Morgan fingerprint density at radius 2 is 1.90 bits per heavy atom. The van der Waals surface area contributed by atoms with Crippen molar-refractivity contribution in [2.24, 2.45) is 11.8 Å². The summed E-state index contributed by atoms with van der Waals surface area (Å²) < 4.78 is 36.7. The summed E-state index contributed by atoms with van der Waals surface area (Å²) >= 11 is 0. The number of H-pyrrole nitrogens is 1. The van der Waals surface area contributed by atoms with Crippen molar-refractivity contribution in [3.63, 3.8) is 0 Å². The number of hydrogen-bond acceptors (Lipinski definition) is 6. The van der Waals surface area contributed by atoms with Crippen LogP contribution in [0.1, 0.15) is 29.4 Å². The van der Waals surface area contributed by atoms with E-state index in [0.717, 1.165) is 22.0 Å². The quantitative estimate of drug-likeness (QED) is 0.301. The number of nitrogens with one attached hydrogen (secondary N) is 2. The Kier molecular flexibility index (Phi) is 6.41. The summed E-state index contributed by atoms with van der Waals surface area (Å²) in [5.41, 5.74) is 3.78. The molecule has 0 spiro atoms. The lowest BCUT2D eigenvalue weighted by molar-refractivity contribution is -0.148. The van der Waals surface area contributed by atoms with Gasteiger partial charge in [-0.3, -0.25) is 18.7 Å². The highest BCUT2D eigenvalue weighted by atomic mass is 32.3. The lowest BCUT2D eigenvalue weighted by Gasteiger charge is -2.40. The number of hydrogen-bond donors (Lipinski definition) is 4. The van der Waals surface area contributed by atoms with Gasteiger partial charge in [0.15, 0.2) is 5.78 Å². The van der Waals surface area contributed by atoms with Crippen LogP contribution in [0.25, 0.3) is 10.9 Å². The molecule has 1 fully saturated rings. The van der Waals surface area contributed by atoms with Crippen LogP contribution in [0.5, 0.6) is 0 Å². The zero-order valence-electron chi connectivity index (χ0n) is 16.6. The number of fused-ring (bicyclic) bond motifs is 5. The van der Waals surface area contributed by atoms with Gasteiger partial charge >= 0.3 is 16.4 Å². The Hall–Kier alpha value is -2.53. The molecule has 3 atom stereocenters. The third-order valence-corrected chi connectivity index (χ3v) is 5.68. The number of benzene rings is 1. The Morgan fingerprint density at radius 3 is 2.53 bits per heavy atom. The van der Waals surface area contributed by atoms with Gasteiger partial charge in [-0.25, -0.2) is 0 Å². The number of esters is 1. The van der Waals surface area contributed by atoms with E-state index in [1.807, 2.05) is 37.3 Å². The SMILES string of the molecule is C/C=C1/CNC2Cc3c([nH]c4ccccc34)C(=O)CC1C2C(=O)OC.O=S(=O)(O)O. The maximum atomic E-state index is 13.0. The van der Waals surface area contributed by atoms with Crippen molar-refractivity contribution >= 4 is 33.1 Å². The van der Waals surface area contributed by atoms with Gasteiger partial charge in [-0.15, -0.1) is 0 Å². The number of Topliss-reactive ketones (excluding diaryl/α,β-unsaturated/α-hetero) is 1. The summed E-state index contributed by atoms with van der Waals surface area (Å²) in [6, 6.07) is 7.92. The molecular formula is C20H24N2O7S. The number of methoxy groups -OCH3 is 1. The average Bonchev–Trinajstić information content (AvgIpc) is 3.04. The molecule has 1 aliphatic carbocycles.